The summed E-state index contributed by atoms with van der Waals surface area (Å²) in [6.07, 6.45) is 0. The summed E-state index contributed by atoms with van der Waals surface area (Å²) in [6, 6.07) is 27.9. The van der Waals surface area contributed by atoms with E-state index < -0.39 is 5.91 Å². The van der Waals surface area contributed by atoms with Crippen LogP contribution in [-0.2, 0) is 13.1 Å². The Balaban J connectivity index is 1.74. The summed E-state index contributed by atoms with van der Waals surface area (Å²) in [5, 5.41) is 8.67. The monoisotopic (exact) mass is 383 g/mol. The first-order valence-electron chi connectivity index (χ1n) is 9.35. The van der Waals surface area contributed by atoms with Gasteiger partial charge in [0.2, 0.25) is 5.55 Å². The number of nitrogens with two attached hydrogens (primary N) is 1. The molecule has 1 heterocycles. The quantitative estimate of drug-likeness (QED) is 0.523. The molecule has 1 aromatic heterocycles. The Kier molecular flexibility index (Phi) is 5.12. The van der Waals surface area contributed by atoms with Crippen LogP contribution in [0.2, 0.25) is 0 Å². The molecular formula is C24H21N3O2. The van der Waals surface area contributed by atoms with E-state index in [2.05, 4.69) is 29.2 Å². The smallest absolute Gasteiger partial charge is 0.254 e. The van der Waals surface area contributed by atoms with Crippen LogP contribution in [0.15, 0.2) is 89.3 Å². The van der Waals surface area contributed by atoms with Crippen molar-refractivity contribution in [3.8, 4) is 0 Å². The minimum atomic E-state index is -0.667. The number of hydrogen-bond acceptors (Lipinski definition) is 4. The Bertz CT molecular complexity index is 1160. The van der Waals surface area contributed by atoms with Gasteiger partial charge in [0, 0.05) is 30.2 Å². The van der Waals surface area contributed by atoms with Gasteiger partial charge in [-0.1, -0.05) is 60.7 Å². The molecule has 0 bridgehead atoms. The fourth-order valence-corrected chi connectivity index (χ4v) is 3.34. The van der Waals surface area contributed by atoms with Gasteiger partial charge in [-0.15, -0.1) is 0 Å². The molecule has 144 valence electrons. The Labute approximate surface area is 168 Å². The molecule has 0 aliphatic heterocycles. The highest BCUT2D eigenvalue weighted by Gasteiger charge is 2.12. The van der Waals surface area contributed by atoms with Gasteiger partial charge in [0.1, 0.15) is 11.1 Å². The second-order valence-electron chi connectivity index (χ2n) is 6.90. The van der Waals surface area contributed by atoms with Gasteiger partial charge in [0.05, 0.1) is 0 Å². The van der Waals surface area contributed by atoms with Gasteiger partial charge in [0.25, 0.3) is 5.91 Å². The maximum absolute atomic E-state index is 11.5. The summed E-state index contributed by atoms with van der Waals surface area (Å²) in [5.41, 5.74) is 9.10. The molecule has 0 aliphatic rings. The number of carbonyl (C=O) groups excluding carboxylic acids is 1. The second-order valence-corrected chi connectivity index (χ2v) is 6.90. The summed E-state index contributed by atoms with van der Waals surface area (Å²) < 4.78 is 5.58. The molecule has 3 N–H and O–H groups in total. The predicted molar refractivity (Wildman–Crippen MR) is 113 cm³/mol. The van der Waals surface area contributed by atoms with Crippen LogP contribution in [0.5, 0.6) is 0 Å². The molecule has 0 radical (unpaired) electrons. The summed E-state index contributed by atoms with van der Waals surface area (Å²) in [5.74, 6) is -0.667. The van der Waals surface area contributed by atoms with Crippen molar-refractivity contribution in [1.29, 1.82) is 5.41 Å². The third-order valence-corrected chi connectivity index (χ3v) is 4.82. The van der Waals surface area contributed by atoms with Crippen molar-refractivity contribution in [3.63, 3.8) is 0 Å². The Morgan fingerprint density at radius 3 is 2.00 bits per heavy atom. The van der Waals surface area contributed by atoms with Gasteiger partial charge in [-0.2, -0.15) is 0 Å². The van der Waals surface area contributed by atoms with Gasteiger partial charge in [-0.3, -0.25) is 10.2 Å². The lowest BCUT2D eigenvalue weighted by molar-refractivity contribution is 0.0996. The van der Waals surface area contributed by atoms with Gasteiger partial charge >= 0.3 is 0 Å². The summed E-state index contributed by atoms with van der Waals surface area (Å²) in [6.45, 7) is 1.46. The van der Waals surface area contributed by atoms with Crippen molar-refractivity contribution in [3.05, 3.63) is 107 Å². The van der Waals surface area contributed by atoms with Crippen molar-refractivity contribution in [1.82, 2.24) is 0 Å². The molecular weight excluding hydrogens is 362 g/mol. The van der Waals surface area contributed by atoms with E-state index in [1.807, 2.05) is 54.6 Å². The number of hydrogen-bond donors (Lipinski definition) is 2. The average molecular weight is 383 g/mol. The average Bonchev–Trinajstić information content (AvgIpc) is 2.73. The largest absolute Gasteiger partial charge is 0.438 e. The summed E-state index contributed by atoms with van der Waals surface area (Å²) >= 11 is 0. The lowest BCUT2D eigenvalue weighted by Gasteiger charge is -2.25. The number of nitrogens with zero attached hydrogens (tertiary/aromatic N) is 1. The number of rotatable bonds is 6. The van der Waals surface area contributed by atoms with E-state index in [9.17, 15) is 4.79 Å². The highest BCUT2D eigenvalue weighted by Crippen LogP contribution is 2.25. The predicted octanol–water partition coefficient (Wildman–Crippen LogP) is 4.22. The molecule has 0 spiro atoms. The Morgan fingerprint density at radius 1 is 0.862 bits per heavy atom. The zero-order valence-corrected chi connectivity index (χ0v) is 15.8. The number of carbonyl (C=O) groups is 1. The van der Waals surface area contributed by atoms with E-state index in [1.165, 1.54) is 11.1 Å². The number of anilines is 1. The van der Waals surface area contributed by atoms with Gasteiger partial charge in [0.15, 0.2) is 0 Å². The first kappa shape index (κ1) is 18.5. The van der Waals surface area contributed by atoms with Crippen molar-refractivity contribution in [2.75, 3.05) is 4.90 Å². The normalized spacial score (nSPS) is 10.8. The van der Waals surface area contributed by atoms with E-state index in [1.54, 1.807) is 6.07 Å². The first-order valence-corrected chi connectivity index (χ1v) is 9.35. The van der Waals surface area contributed by atoms with E-state index in [4.69, 9.17) is 15.6 Å². The molecule has 0 saturated carbocycles. The third-order valence-electron chi connectivity index (χ3n) is 4.82. The van der Waals surface area contributed by atoms with Crippen molar-refractivity contribution < 1.29 is 9.21 Å². The minimum absolute atomic E-state index is 0.0793. The number of benzene rings is 3. The number of nitrogens with one attached hydrogen (secondary N) is 1. The lowest BCUT2D eigenvalue weighted by atomic mass is 10.1. The molecule has 5 nitrogen and oxygen atoms in total. The molecule has 0 fully saturated rings. The standard InChI is InChI=1S/C24H21N3O2/c25-23(28)21-13-19-11-12-20(14-22(19)29-24(21)26)27(15-17-7-3-1-4-8-17)16-18-9-5-2-6-10-18/h1-14,26H,15-16H2,(H2,25,28). The van der Waals surface area contributed by atoms with Crippen LogP contribution in [0.25, 0.3) is 11.0 Å². The topological polar surface area (TPSA) is 83.3 Å². The molecule has 0 atom stereocenters. The van der Waals surface area contributed by atoms with Crippen LogP contribution in [-0.4, -0.2) is 5.91 Å². The van der Waals surface area contributed by atoms with Crippen molar-refractivity contribution >= 4 is 22.6 Å². The fraction of sp³-hybridized carbons (Fsp3) is 0.0833. The lowest BCUT2D eigenvalue weighted by Crippen LogP contribution is -2.22. The van der Waals surface area contributed by atoms with Crippen LogP contribution in [0, 0.1) is 5.41 Å². The maximum Gasteiger partial charge on any atom is 0.254 e. The van der Waals surface area contributed by atoms with E-state index in [0.29, 0.717) is 5.58 Å². The minimum Gasteiger partial charge on any atom is -0.438 e. The molecule has 5 heteroatoms. The van der Waals surface area contributed by atoms with Crippen LogP contribution < -0.4 is 16.2 Å². The van der Waals surface area contributed by atoms with Crippen LogP contribution in [0.1, 0.15) is 21.5 Å². The second kappa shape index (κ2) is 8.02. The SMILES string of the molecule is N=c1oc2cc(N(Cc3ccccc3)Cc3ccccc3)ccc2cc1C(N)=O. The van der Waals surface area contributed by atoms with E-state index in [-0.39, 0.29) is 11.1 Å². The summed E-state index contributed by atoms with van der Waals surface area (Å²) in [4.78, 5) is 13.7. The highest BCUT2D eigenvalue weighted by molar-refractivity contribution is 5.95. The van der Waals surface area contributed by atoms with Crippen LogP contribution >= 0.6 is 0 Å². The maximum atomic E-state index is 11.5. The van der Waals surface area contributed by atoms with E-state index in [0.717, 1.165) is 24.2 Å². The van der Waals surface area contributed by atoms with Gasteiger partial charge < -0.3 is 15.1 Å². The zero-order valence-electron chi connectivity index (χ0n) is 15.8. The third kappa shape index (κ3) is 4.19. The van der Waals surface area contributed by atoms with Gasteiger partial charge in [-0.25, -0.2) is 0 Å². The number of primary amides is 1. The number of amides is 1. The molecule has 29 heavy (non-hydrogen) atoms. The molecule has 3 aromatic carbocycles. The van der Waals surface area contributed by atoms with E-state index >= 15 is 0 Å². The van der Waals surface area contributed by atoms with Crippen LogP contribution in [0.4, 0.5) is 5.69 Å². The Hall–Kier alpha value is -3.86. The molecule has 0 aliphatic carbocycles. The molecule has 4 rings (SSSR count). The van der Waals surface area contributed by atoms with Crippen molar-refractivity contribution in [2.24, 2.45) is 5.73 Å². The summed E-state index contributed by atoms with van der Waals surface area (Å²) in [7, 11) is 0. The van der Waals surface area contributed by atoms with Gasteiger partial charge in [-0.05, 0) is 29.3 Å². The first-order chi connectivity index (χ1) is 14.1. The number of fused-ring (bicyclic) bond motifs is 1. The molecule has 0 unspecified atom stereocenters. The molecule has 1 amide bonds. The zero-order chi connectivity index (χ0) is 20.2. The van der Waals surface area contributed by atoms with Crippen molar-refractivity contribution in [2.45, 2.75) is 13.1 Å². The Morgan fingerprint density at radius 2 is 1.45 bits per heavy atom. The molecule has 4 aromatic rings. The highest BCUT2D eigenvalue weighted by atomic mass is 16.3. The molecule has 0 saturated heterocycles. The van der Waals surface area contributed by atoms with Crippen LogP contribution in [0.3, 0.4) is 0 Å². The fourth-order valence-electron chi connectivity index (χ4n) is 3.34.